The molecule has 1 rings (SSSR count). The lowest BCUT2D eigenvalue weighted by molar-refractivity contribution is 0.118. The van der Waals surface area contributed by atoms with Crippen LogP contribution in [0.4, 0.5) is 4.79 Å². The molecule has 0 bridgehead atoms. The van der Waals surface area contributed by atoms with Gasteiger partial charge < -0.3 is 20.8 Å². The minimum absolute atomic E-state index is 0.381. The van der Waals surface area contributed by atoms with E-state index in [1.54, 1.807) is 0 Å². The fourth-order valence-electron chi connectivity index (χ4n) is 1.88. The van der Waals surface area contributed by atoms with Gasteiger partial charge in [0.25, 0.3) is 0 Å². The summed E-state index contributed by atoms with van der Waals surface area (Å²) in [6.07, 6.45) is -0.414. The van der Waals surface area contributed by atoms with Gasteiger partial charge in [0.05, 0.1) is 12.1 Å². The summed E-state index contributed by atoms with van der Waals surface area (Å²) in [5.41, 5.74) is 0.996. The Bertz CT molecular complexity index is 370. The molecule has 0 aliphatic carbocycles. The molecule has 106 valence electrons. The van der Waals surface area contributed by atoms with Gasteiger partial charge in [-0.3, -0.25) is 0 Å². The minimum atomic E-state index is -1.12. The zero-order chi connectivity index (χ0) is 14.1. The molecule has 5 heteroatoms. The monoisotopic (exact) mass is 266 g/mol. The lowest BCUT2D eigenvalue weighted by Crippen LogP contribution is -2.48. The van der Waals surface area contributed by atoms with Crippen molar-refractivity contribution in [3.8, 4) is 0 Å². The standard InChI is InChI=1S/C14H22N2O3/c1-2-8-15-10-13(17)12(16-14(18)19)9-11-6-4-3-5-7-11/h3-7,12-13,15-17H,2,8-10H2,1H3,(H,18,19)/t12-,13+/m0/s1. The van der Waals surface area contributed by atoms with E-state index in [-0.39, 0.29) is 0 Å². The van der Waals surface area contributed by atoms with Gasteiger partial charge >= 0.3 is 6.09 Å². The van der Waals surface area contributed by atoms with Crippen LogP contribution in [0.15, 0.2) is 30.3 Å². The number of nitrogens with one attached hydrogen (secondary N) is 2. The summed E-state index contributed by atoms with van der Waals surface area (Å²) in [6.45, 7) is 3.23. The second-order valence-corrected chi connectivity index (χ2v) is 4.52. The minimum Gasteiger partial charge on any atom is -0.465 e. The van der Waals surface area contributed by atoms with Crippen molar-refractivity contribution in [2.75, 3.05) is 13.1 Å². The molecule has 0 fully saturated rings. The van der Waals surface area contributed by atoms with Gasteiger partial charge in [0, 0.05) is 6.54 Å². The first-order chi connectivity index (χ1) is 9.13. The Balaban J connectivity index is 2.58. The molecule has 0 radical (unpaired) electrons. The Morgan fingerprint density at radius 3 is 2.58 bits per heavy atom. The number of hydrogen-bond donors (Lipinski definition) is 4. The highest BCUT2D eigenvalue weighted by molar-refractivity contribution is 5.65. The third-order valence-electron chi connectivity index (χ3n) is 2.85. The molecule has 1 amide bonds. The molecule has 5 nitrogen and oxygen atoms in total. The number of aliphatic hydroxyl groups excluding tert-OH is 1. The molecule has 0 saturated carbocycles. The van der Waals surface area contributed by atoms with Crippen molar-refractivity contribution in [3.05, 3.63) is 35.9 Å². The second kappa shape index (κ2) is 8.50. The Kier molecular flexibility index (Phi) is 6.92. The van der Waals surface area contributed by atoms with Gasteiger partial charge in [0.2, 0.25) is 0 Å². The highest BCUT2D eigenvalue weighted by atomic mass is 16.4. The van der Waals surface area contributed by atoms with Gasteiger partial charge in [-0.25, -0.2) is 4.79 Å². The molecule has 0 aliphatic heterocycles. The first kappa shape index (κ1) is 15.5. The number of rotatable bonds is 8. The number of carboxylic acid groups (broad SMARTS) is 1. The number of amides is 1. The van der Waals surface area contributed by atoms with Crippen LogP contribution in [0.5, 0.6) is 0 Å². The van der Waals surface area contributed by atoms with E-state index in [1.807, 2.05) is 37.3 Å². The lowest BCUT2D eigenvalue weighted by Gasteiger charge is -2.23. The smallest absolute Gasteiger partial charge is 0.404 e. The molecule has 0 saturated heterocycles. The first-order valence-electron chi connectivity index (χ1n) is 6.55. The van der Waals surface area contributed by atoms with E-state index >= 15 is 0 Å². The molecule has 0 aromatic heterocycles. The van der Waals surface area contributed by atoms with Gasteiger partial charge in [-0.2, -0.15) is 0 Å². The predicted octanol–water partition coefficient (Wildman–Crippen LogP) is 1.23. The zero-order valence-corrected chi connectivity index (χ0v) is 11.2. The Labute approximate surface area is 113 Å². The maximum absolute atomic E-state index is 10.8. The van der Waals surface area contributed by atoms with E-state index in [2.05, 4.69) is 10.6 Å². The van der Waals surface area contributed by atoms with Crippen LogP contribution in [0.1, 0.15) is 18.9 Å². The van der Waals surface area contributed by atoms with Crippen molar-refractivity contribution in [3.63, 3.8) is 0 Å². The van der Waals surface area contributed by atoms with Gasteiger partial charge in [0.15, 0.2) is 0 Å². The fourth-order valence-corrected chi connectivity index (χ4v) is 1.88. The van der Waals surface area contributed by atoms with Crippen LogP contribution < -0.4 is 10.6 Å². The molecule has 19 heavy (non-hydrogen) atoms. The van der Waals surface area contributed by atoms with Crippen LogP contribution in [-0.4, -0.2) is 41.5 Å². The molecule has 0 spiro atoms. The number of benzene rings is 1. The quantitative estimate of drug-likeness (QED) is 0.533. The van der Waals surface area contributed by atoms with Crippen molar-refractivity contribution in [1.82, 2.24) is 10.6 Å². The third-order valence-corrected chi connectivity index (χ3v) is 2.85. The maximum atomic E-state index is 10.8. The van der Waals surface area contributed by atoms with Gasteiger partial charge in [-0.15, -0.1) is 0 Å². The van der Waals surface area contributed by atoms with E-state index in [1.165, 1.54) is 0 Å². The highest BCUT2D eigenvalue weighted by Crippen LogP contribution is 2.06. The largest absolute Gasteiger partial charge is 0.465 e. The van der Waals surface area contributed by atoms with E-state index < -0.39 is 18.2 Å². The normalized spacial score (nSPS) is 13.8. The van der Waals surface area contributed by atoms with E-state index in [9.17, 15) is 9.90 Å². The second-order valence-electron chi connectivity index (χ2n) is 4.52. The van der Waals surface area contributed by atoms with Crippen molar-refractivity contribution in [1.29, 1.82) is 0 Å². The molecule has 4 N–H and O–H groups in total. The predicted molar refractivity (Wildman–Crippen MR) is 74.3 cm³/mol. The van der Waals surface area contributed by atoms with Crippen LogP contribution in [-0.2, 0) is 6.42 Å². The Hall–Kier alpha value is -1.59. The van der Waals surface area contributed by atoms with E-state index in [0.717, 1.165) is 18.5 Å². The fraction of sp³-hybridized carbons (Fsp3) is 0.500. The van der Waals surface area contributed by atoms with Gasteiger partial charge in [-0.1, -0.05) is 37.3 Å². The van der Waals surface area contributed by atoms with Crippen molar-refractivity contribution in [2.24, 2.45) is 0 Å². The number of carbonyl (C=O) groups is 1. The Morgan fingerprint density at radius 1 is 1.32 bits per heavy atom. The highest BCUT2D eigenvalue weighted by Gasteiger charge is 2.21. The van der Waals surface area contributed by atoms with E-state index in [4.69, 9.17) is 5.11 Å². The molecule has 1 aromatic carbocycles. The molecule has 0 unspecified atom stereocenters. The van der Waals surface area contributed by atoms with Crippen molar-refractivity contribution >= 4 is 6.09 Å². The molecular weight excluding hydrogens is 244 g/mol. The van der Waals surface area contributed by atoms with Crippen LogP contribution in [0.3, 0.4) is 0 Å². The van der Waals surface area contributed by atoms with E-state index in [0.29, 0.717) is 13.0 Å². The summed E-state index contributed by atoms with van der Waals surface area (Å²) < 4.78 is 0. The molecule has 0 aliphatic rings. The zero-order valence-electron chi connectivity index (χ0n) is 11.2. The Morgan fingerprint density at radius 2 is 2.00 bits per heavy atom. The van der Waals surface area contributed by atoms with Crippen LogP contribution >= 0.6 is 0 Å². The van der Waals surface area contributed by atoms with Crippen LogP contribution in [0, 0.1) is 0 Å². The SMILES string of the molecule is CCCNC[C@@H](O)[C@H](Cc1ccccc1)NC(=O)O. The molecule has 1 aromatic rings. The maximum Gasteiger partial charge on any atom is 0.404 e. The lowest BCUT2D eigenvalue weighted by atomic mass is 10.0. The number of hydrogen-bond acceptors (Lipinski definition) is 3. The summed E-state index contributed by atoms with van der Waals surface area (Å²) >= 11 is 0. The van der Waals surface area contributed by atoms with Gasteiger partial charge in [0.1, 0.15) is 0 Å². The van der Waals surface area contributed by atoms with Crippen LogP contribution in [0.25, 0.3) is 0 Å². The average molecular weight is 266 g/mol. The summed E-state index contributed by atoms with van der Waals surface area (Å²) in [5, 5.41) is 24.4. The van der Waals surface area contributed by atoms with Crippen molar-refractivity contribution in [2.45, 2.75) is 31.9 Å². The summed E-state index contributed by atoms with van der Waals surface area (Å²) in [7, 11) is 0. The third kappa shape index (κ3) is 6.22. The summed E-state index contributed by atoms with van der Waals surface area (Å²) in [5.74, 6) is 0. The molecule has 0 heterocycles. The van der Waals surface area contributed by atoms with Gasteiger partial charge in [-0.05, 0) is 24.9 Å². The van der Waals surface area contributed by atoms with Crippen molar-refractivity contribution < 1.29 is 15.0 Å². The summed E-state index contributed by atoms with van der Waals surface area (Å²) in [4.78, 5) is 10.8. The molecular formula is C14H22N2O3. The topological polar surface area (TPSA) is 81.6 Å². The summed E-state index contributed by atoms with van der Waals surface area (Å²) in [6, 6.07) is 9.03. The first-order valence-corrected chi connectivity index (χ1v) is 6.55. The molecule has 2 atom stereocenters. The average Bonchev–Trinajstić information content (AvgIpc) is 2.39. The van der Waals surface area contributed by atoms with Crippen LogP contribution in [0.2, 0.25) is 0 Å². The number of aliphatic hydroxyl groups is 1.